The van der Waals surface area contributed by atoms with Gasteiger partial charge in [-0.1, -0.05) is 18.2 Å². The van der Waals surface area contributed by atoms with Gasteiger partial charge in [0.05, 0.1) is 29.7 Å². The molecule has 1 saturated heterocycles. The summed E-state index contributed by atoms with van der Waals surface area (Å²) in [6.45, 7) is 4.93. The fraction of sp³-hybridized carbons (Fsp3) is 0.350. The Morgan fingerprint density at radius 1 is 1.13 bits per heavy atom. The summed E-state index contributed by atoms with van der Waals surface area (Å²) < 4.78 is 59.3. The summed E-state index contributed by atoms with van der Waals surface area (Å²) >= 11 is 0. The third-order valence-corrected chi connectivity index (χ3v) is 8.81. The second-order valence-electron chi connectivity index (χ2n) is 7.55. The molecule has 0 atom stereocenters. The van der Waals surface area contributed by atoms with Crippen LogP contribution in [0.3, 0.4) is 0 Å². The maximum Gasteiger partial charge on any atom is 0.268 e. The van der Waals surface area contributed by atoms with Crippen molar-refractivity contribution in [1.82, 2.24) is 0 Å². The Labute approximate surface area is 177 Å². The van der Waals surface area contributed by atoms with E-state index in [2.05, 4.69) is 0 Å². The second-order valence-corrected chi connectivity index (χ2v) is 11.2. The van der Waals surface area contributed by atoms with Gasteiger partial charge in [0.1, 0.15) is 10.6 Å². The minimum absolute atomic E-state index is 0.0333. The minimum Gasteiger partial charge on any atom is -0.495 e. The molecule has 30 heavy (non-hydrogen) atoms. The third kappa shape index (κ3) is 3.65. The molecule has 0 N–H and O–H groups in total. The van der Waals surface area contributed by atoms with Crippen LogP contribution in [0.25, 0.3) is 0 Å². The van der Waals surface area contributed by atoms with Gasteiger partial charge >= 0.3 is 0 Å². The lowest BCUT2D eigenvalue weighted by atomic mass is 9.95. The van der Waals surface area contributed by atoms with Crippen LogP contribution in [0.15, 0.2) is 53.4 Å². The maximum absolute atomic E-state index is 13.5. The molecule has 0 spiro atoms. The van der Waals surface area contributed by atoms with Gasteiger partial charge in [-0.15, -0.1) is 0 Å². The van der Waals surface area contributed by atoms with E-state index in [0.717, 1.165) is 0 Å². The standard InChI is InChI=1S/C20H24N2O6S2/c1-5-21(15-9-7-6-8-10-15)30(26,27)18-13-16(11-12-17(18)28-4)22-19(23)20(2,3)14-29(22,24)25/h6-13H,5,14H2,1-4H3. The molecule has 3 rings (SSSR count). The van der Waals surface area contributed by atoms with Crippen LogP contribution in [0, 0.1) is 5.41 Å². The zero-order chi connectivity index (χ0) is 22.3. The molecule has 0 bridgehead atoms. The molecule has 10 heteroatoms. The van der Waals surface area contributed by atoms with Gasteiger partial charge in [0, 0.05) is 6.54 Å². The lowest BCUT2D eigenvalue weighted by Gasteiger charge is -2.25. The van der Waals surface area contributed by atoms with Crippen molar-refractivity contribution in [1.29, 1.82) is 0 Å². The quantitative estimate of drug-likeness (QED) is 0.668. The van der Waals surface area contributed by atoms with Gasteiger partial charge in [0.25, 0.3) is 10.0 Å². The maximum atomic E-state index is 13.5. The van der Waals surface area contributed by atoms with Gasteiger partial charge in [-0.3, -0.25) is 9.10 Å². The van der Waals surface area contributed by atoms with Gasteiger partial charge in [-0.05, 0) is 51.1 Å². The van der Waals surface area contributed by atoms with Gasteiger partial charge in [-0.2, -0.15) is 0 Å². The average molecular weight is 453 g/mol. The Hall–Kier alpha value is -2.59. The van der Waals surface area contributed by atoms with E-state index in [4.69, 9.17) is 4.74 Å². The van der Waals surface area contributed by atoms with Gasteiger partial charge in [-0.25, -0.2) is 21.1 Å². The van der Waals surface area contributed by atoms with E-state index in [0.29, 0.717) is 9.99 Å². The Morgan fingerprint density at radius 3 is 2.27 bits per heavy atom. The van der Waals surface area contributed by atoms with Crippen molar-refractivity contribution in [2.45, 2.75) is 25.7 Å². The van der Waals surface area contributed by atoms with E-state index in [1.165, 1.54) is 29.6 Å². The van der Waals surface area contributed by atoms with Crippen LogP contribution >= 0.6 is 0 Å². The molecule has 162 valence electrons. The molecular formula is C20H24N2O6S2. The van der Waals surface area contributed by atoms with E-state index in [1.807, 2.05) is 0 Å². The summed E-state index contributed by atoms with van der Waals surface area (Å²) in [7, 11) is -6.70. The van der Waals surface area contributed by atoms with Crippen molar-refractivity contribution >= 4 is 37.3 Å². The van der Waals surface area contributed by atoms with Crippen LogP contribution < -0.4 is 13.3 Å². The number of anilines is 2. The molecular weight excluding hydrogens is 428 g/mol. The summed E-state index contributed by atoms with van der Waals surface area (Å²) in [5, 5.41) is 0. The van der Waals surface area contributed by atoms with Crippen molar-refractivity contribution in [3.05, 3.63) is 48.5 Å². The molecule has 1 amide bonds. The number of sulfonamides is 2. The predicted molar refractivity (Wildman–Crippen MR) is 115 cm³/mol. The summed E-state index contributed by atoms with van der Waals surface area (Å²) in [6, 6.07) is 12.4. The van der Waals surface area contributed by atoms with Crippen LogP contribution in [0.5, 0.6) is 5.75 Å². The van der Waals surface area contributed by atoms with E-state index in [1.54, 1.807) is 51.1 Å². The van der Waals surface area contributed by atoms with Crippen molar-refractivity contribution in [2.24, 2.45) is 5.41 Å². The second kappa shape index (κ2) is 7.59. The number of carbonyl (C=O) groups excluding carboxylic acids is 1. The third-order valence-electron chi connectivity index (χ3n) is 4.87. The van der Waals surface area contributed by atoms with Crippen LogP contribution in [0.4, 0.5) is 11.4 Å². The number of ether oxygens (including phenoxy) is 1. The molecule has 0 radical (unpaired) electrons. The summed E-state index contributed by atoms with van der Waals surface area (Å²) in [4.78, 5) is 12.5. The minimum atomic E-state index is -4.11. The van der Waals surface area contributed by atoms with E-state index >= 15 is 0 Å². The van der Waals surface area contributed by atoms with E-state index in [9.17, 15) is 21.6 Å². The van der Waals surface area contributed by atoms with E-state index < -0.39 is 31.4 Å². The highest BCUT2D eigenvalue weighted by molar-refractivity contribution is 7.94. The number of hydrogen-bond acceptors (Lipinski definition) is 6. The highest BCUT2D eigenvalue weighted by atomic mass is 32.2. The predicted octanol–water partition coefficient (Wildman–Crippen LogP) is 2.61. The Kier molecular flexibility index (Phi) is 5.59. The number of nitrogens with zero attached hydrogens (tertiary/aromatic N) is 2. The molecule has 0 saturated carbocycles. The highest BCUT2D eigenvalue weighted by Crippen LogP contribution is 2.39. The number of para-hydroxylation sites is 1. The zero-order valence-electron chi connectivity index (χ0n) is 17.2. The molecule has 0 unspecified atom stereocenters. The lowest BCUT2D eigenvalue weighted by Crippen LogP contribution is -2.34. The average Bonchev–Trinajstić information content (AvgIpc) is 2.85. The molecule has 0 aromatic heterocycles. The summed E-state index contributed by atoms with van der Waals surface area (Å²) in [5.41, 5.74) is -0.676. The molecule has 1 aliphatic heterocycles. The monoisotopic (exact) mass is 452 g/mol. The molecule has 1 heterocycles. The van der Waals surface area contributed by atoms with Crippen molar-refractivity contribution in [3.8, 4) is 5.75 Å². The molecule has 0 aliphatic carbocycles. The van der Waals surface area contributed by atoms with Gasteiger partial charge in [0.2, 0.25) is 15.9 Å². The Balaban J connectivity index is 2.18. The normalized spacial score (nSPS) is 17.7. The van der Waals surface area contributed by atoms with Gasteiger partial charge < -0.3 is 4.74 Å². The number of methoxy groups -OCH3 is 1. The van der Waals surface area contributed by atoms with Crippen LogP contribution in [-0.2, 0) is 24.8 Å². The topological polar surface area (TPSA) is 101 Å². The first kappa shape index (κ1) is 22.1. The molecule has 8 nitrogen and oxygen atoms in total. The molecule has 1 fully saturated rings. The number of hydrogen-bond donors (Lipinski definition) is 0. The van der Waals surface area contributed by atoms with Crippen LogP contribution in [0.1, 0.15) is 20.8 Å². The van der Waals surface area contributed by atoms with E-state index in [-0.39, 0.29) is 28.6 Å². The highest BCUT2D eigenvalue weighted by Gasteiger charge is 2.50. The SMILES string of the molecule is CCN(c1ccccc1)S(=O)(=O)c1cc(N2C(=O)C(C)(C)CS2(=O)=O)ccc1OC. The summed E-state index contributed by atoms with van der Waals surface area (Å²) in [6.07, 6.45) is 0. The number of benzene rings is 2. The number of amides is 1. The smallest absolute Gasteiger partial charge is 0.268 e. The molecule has 1 aliphatic rings. The molecule has 2 aromatic rings. The Bertz CT molecular complexity index is 1180. The fourth-order valence-corrected chi connectivity index (χ4v) is 7.21. The summed E-state index contributed by atoms with van der Waals surface area (Å²) in [5.74, 6) is -0.902. The first-order valence-corrected chi connectivity index (χ1v) is 12.3. The first-order chi connectivity index (χ1) is 14.0. The van der Waals surface area contributed by atoms with Crippen LogP contribution in [0.2, 0.25) is 0 Å². The fourth-order valence-electron chi connectivity index (χ4n) is 3.46. The van der Waals surface area contributed by atoms with Gasteiger partial charge in [0.15, 0.2) is 0 Å². The number of carbonyl (C=O) groups is 1. The zero-order valence-corrected chi connectivity index (χ0v) is 18.8. The number of rotatable bonds is 6. The lowest BCUT2D eigenvalue weighted by molar-refractivity contribution is -0.123. The Morgan fingerprint density at radius 2 is 1.77 bits per heavy atom. The molecule has 2 aromatic carbocycles. The van der Waals surface area contributed by atoms with Crippen molar-refractivity contribution in [2.75, 3.05) is 28.0 Å². The van der Waals surface area contributed by atoms with Crippen LogP contribution in [-0.4, -0.2) is 42.2 Å². The largest absolute Gasteiger partial charge is 0.495 e. The first-order valence-electron chi connectivity index (χ1n) is 9.29. The van der Waals surface area contributed by atoms with Crippen molar-refractivity contribution in [3.63, 3.8) is 0 Å². The van der Waals surface area contributed by atoms with Crippen molar-refractivity contribution < 1.29 is 26.4 Å².